The summed E-state index contributed by atoms with van der Waals surface area (Å²) in [6, 6.07) is 10.5. The van der Waals surface area contributed by atoms with Gasteiger partial charge in [-0.1, -0.05) is 11.6 Å². The molecule has 23 heavy (non-hydrogen) atoms. The predicted octanol–water partition coefficient (Wildman–Crippen LogP) is 2.94. The molecule has 0 fully saturated rings. The Morgan fingerprint density at radius 3 is 2.48 bits per heavy atom. The second kappa shape index (κ2) is 5.76. The van der Waals surface area contributed by atoms with Gasteiger partial charge in [0.15, 0.2) is 5.78 Å². The maximum atomic E-state index is 12.9. The van der Waals surface area contributed by atoms with Crippen LogP contribution in [0.4, 0.5) is 10.1 Å². The van der Waals surface area contributed by atoms with E-state index in [1.165, 1.54) is 29.2 Å². The number of halogens is 1. The Balaban J connectivity index is 1.76. The van der Waals surface area contributed by atoms with E-state index in [1.54, 1.807) is 12.1 Å². The molecule has 0 aromatic heterocycles. The second-order valence-corrected chi connectivity index (χ2v) is 5.49. The number of hydrogen-bond acceptors (Lipinski definition) is 3. The molecule has 1 amide bonds. The van der Waals surface area contributed by atoms with E-state index >= 15 is 0 Å². The summed E-state index contributed by atoms with van der Waals surface area (Å²) in [5, 5.41) is 0. The lowest BCUT2D eigenvalue weighted by atomic mass is 10.1. The fourth-order valence-corrected chi connectivity index (χ4v) is 2.63. The number of anilines is 1. The van der Waals surface area contributed by atoms with Crippen LogP contribution < -0.4 is 4.90 Å². The number of ketones is 2. The van der Waals surface area contributed by atoms with Gasteiger partial charge in [0.1, 0.15) is 5.82 Å². The van der Waals surface area contributed by atoms with Crippen molar-refractivity contribution in [2.75, 3.05) is 11.4 Å². The van der Waals surface area contributed by atoms with Gasteiger partial charge in [0.2, 0.25) is 0 Å². The van der Waals surface area contributed by atoms with Crippen LogP contribution in [0.5, 0.6) is 0 Å². The molecule has 0 radical (unpaired) electrons. The Kier molecular flexibility index (Phi) is 3.78. The maximum Gasteiger partial charge on any atom is 0.299 e. The number of amides is 1. The first-order valence-corrected chi connectivity index (χ1v) is 7.23. The third-order valence-corrected chi connectivity index (χ3v) is 3.86. The molecule has 0 saturated carbocycles. The molecule has 2 aromatic rings. The molecule has 0 aliphatic carbocycles. The summed E-state index contributed by atoms with van der Waals surface area (Å²) in [5.41, 5.74) is 2.20. The minimum Gasteiger partial charge on any atom is -0.304 e. The number of carbonyl (C=O) groups excluding carboxylic acids is 3. The van der Waals surface area contributed by atoms with Crippen molar-refractivity contribution in [3.8, 4) is 0 Å². The molecule has 0 saturated heterocycles. The monoisotopic (exact) mass is 311 g/mol. The lowest BCUT2D eigenvalue weighted by Crippen LogP contribution is -2.31. The largest absolute Gasteiger partial charge is 0.304 e. The summed E-state index contributed by atoms with van der Waals surface area (Å²) >= 11 is 0. The van der Waals surface area contributed by atoms with Crippen molar-refractivity contribution in [2.45, 2.75) is 13.3 Å². The van der Waals surface area contributed by atoms with Crippen LogP contribution in [0, 0.1) is 12.7 Å². The van der Waals surface area contributed by atoms with Crippen LogP contribution in [-0.2, 0) is 4.79 Å². The topological polar surface area (TPSA) is 54.5 Å². The van der Waals surface area contributed by atoms with E-state index in [-0.39, 0.29) is 18.7 Å². The molecule has 4 nitrogen and oxygen atoms in total. The highest BCUT2D eigenvalue weighted by atomic mass is 19.1. The minimum absolute atomic E-state index is 0.0674. The minimum atomic E-state index is -0.613. The van der Waals surface area contributed by atoms with Crippen LogP contribution in [0.2, 0.25) is 0 Å². The highest BCUT2D eigenvalue weighted by Gasteiger charge is 2.35. The highest BCUT2D eigenvalue weighted by molar-refractivity contribution is 6.52. The molecule has 3 rings (SSSR count). The van der Waals surface area contributed by atoms with E-state index in [1.807, 2.05) is 13.0 Å². The number of nitrogens with zero attached hydrogens (tertiary/aromatic N) is 1. The Bertz CT molecular complexity index is 812. The Labute approximate surface area is 132 Å². The first-order chi connectivity index (χ1) is 11.0. The van der Waals surface area contributed by atoms with E-state index < -0.39 is 17.5 Å². The lowest BCUT2D eigenvalue weighted by Gasteiger charge is -2.16. The molecule has 0 spiro atoms. The zero-order chi connectivity index (χ0) is 16.6. The molecule has 1 heterocycles. The number of carbonyl (C=O) groups is 3. The fourth-order valence-electron chi connectivity index (χ4n) is 2.63. The molecular formula is C18H14FNO3. The second-order valence-electron chi connectivity index (χ2n) is 5.49. The van der Waals surface area contributed by atoms with E-state index in [4.69, 9.17) is 0 Å². The van der Waals surface area contributed by atoms with Crippen LogP contribution in [0.15, 0.2) is 42.5 Å². The normalized spacial score (nSPS) is 13.4. The van der Waals surface area contributed by atoms with Crippen molar-refractivity contribution in [3.05, 3.63) is 65.0 Å². The van der Waals surface area contributed by atoms with Gasteiger partial charge in [-0.05, 0) is 43.3 Å². The summed E-state index contributed by atoms with van der Waals surface area (Å²) in [4.78, 5) is 37.5. The Hall–Kier alpha value is -2.82. The van der Waals surface area contributed by atoms with Crippen molar-refractivity contribution >= 4 is 23.2 Å². The number of rotatable bonds is 4. The van der Waals surface area contributed by atoms with Gasteiger partial charge < -0.3 is 4.90 Å². The van der Waals surface area contributed by atoms with Crippen LogP contribution in [0.1, 0.15) is 32.7 Å². The third kappa shape index (κ3) is 2.77. The molecule has 1 aliphatic heterocycles. The van der Waals surface area contributed by atoms with Gasteiger partial charge in [-0.2, -0.15) is 0 Å². The van der Waals surface area contributed by atoms with Crippen molar-refractivity contribution in [1.82, 2.24) is 0 Å². The molecule has 0 atom stereocenters. The van der Waals surface area contributed by atoms with Gasteiger partial charge in [0, 0.05) is 18.5 Å². The quantitative estimate of drug-likeness (QED) is 0.644. The molecule has 1 aliphatic rings. The van der Waals surface area contributed by atoms with E-state index in [2.05, 4.69) is 0 Å². The van der Waals surface area contributed by atoms with Crippen LogP contribution in [-0.4, -0.2) is 24.0 Å². The number of aryl methyl sites for hydroxylation is 1. The van der Waals surface area contributed by atoms with Crippen LogP contribution >= 0.6 is 0 Å². The maximum absolute atomic E-state index is 12.9. The molecule has 0 N–H and O–H groups in total. The van der Waals surface area contributed by atoms with Crippen LogP contribution in [0.3, 0.4) is 0 Å². The molecule has 5 heteroatoms. The average Bonchev–Trinajstić information content (AvgIpc) is 2.77. The highest BCUT2D eigenvalue weighted by Crippen LogP contribution is 2.29. The van der Waals surface area contributed by atoms with Gasteiger partial charge in [-0.25, -0.2) is 4.39 Å². The van der Waals surface area contributed by atoms with E-state index in [0.29, 0.717) is 16.8 Å². The average molecular weight is 311 g/mol. The van der Waals surface area contributed by atoms with Gasteiger partial charge in [0.25, 0.3) is 11.7 Å². The first kappa shape index (κ1) is 15.1. The summed E-state index contributed by atoms with van der Waals surface area (Å²) < 4.78 is 12.9. The molecular weight excluding hydrogens is 297 g/mol. The first-order valence-electron chi connectivity index (χ1n) is 7.23. The lowest BCUT2D eigenvalue weighted by molar-refractivity contribution is -0.114. The number of hydrogen-bond donors (Lipinski definition) is 0. The zero-order valence-corrected chi connectivity index (χ0v) is 12.5. The molecule has 0 bridgehead atoms. The number of benzene rings is 2. The summed E-state index contributed by atoms with van der Waals surface area (Å²) in [7, 11) is 0. The fraction of sp³-hybridized carbons (Fsp3) is 0.167. The van der Waals surface area contributed by atoms with Crippen molar-refractivity contribution < 1.29 is 18.8 Å². The zero-order valence-electron chi connectivity index (χ0n) is 12.5. The van der Waals surface area contributed by atoms with Crippen molar-refractivity contribution in [1.29, 1.82) is 0 Å². The summed E-state index contributed by atoms with van der Waals surface area (Å²) in [5.74, 6) is -1.77. The number of Topliss-reactive ketones (excluding diaryl/α,β-unsaturated/α-hetero) is 2. The van der Waals surface area contributed by atoms with E-state index in [9.17, 15) is 18.8 Å². The standard InChI is InChI=1S/C18H14FNO3/c1-11-2-7-15-14(10-11)17(22)18(23)20(15)9-8-16(21)12-3-5-13(19)6-4-12/h2-7,10H,8-9H2,1H3. The van der Waals surface area contributed by atoms with Gasteiger partial charge >= 0.3 is 0 Å². The van der Waals surface area contributed by atoms with E-state index in [0.717, 1.165) is 5.56 Å². The van der Waals surface area contributed by atoms with Gasteiger partial charge in [0.05, 0.1) is 11.3 Å². The predicted molar refractivity (Wildman–Crippen MR) is 83.2 cm³/mol. The van der Waals surface area contributed by atoms with Crippen molar-refractivity contribution in [3.63, 3.8) is 0 Å². The smallest absolute Gasteiger partial charge is 0.299 e. The van der Waals surface area contributed by atoms with Crippen molar-refractivity contribution in [2.24, 2.45) is 0 Å². The Morgan fingerprint density at radius 1 is 1.09 bits per heavy atom. The SMILES string of the molecule is Cc1ccc2c(c1)C(=O)C(=O)N2CCC(=O)c1ccc(F)cc1. The number of fused-ring (bicyclic) bond motifs is 1. The third-order valence-electron chi connectivity index (χ3n) is 3.86. The summed E-state index contributed by atoms with van der Waals surface area (Å²) in [6.07, 6.45) is 0.0674. The Morgan fingerprint density at radius 2 is 1.78 bits per heavy atom. The van der Waals surface area contributed by atoms with Crippen LogP contribution in [0.25, 0.3) is 0 Å². The molecule has 2 aromatic carbocycles. The van der Waals surface area contributed by atoms with Gasteiger partial charge in [-0.3, -0.25) is 14.4 Å². The molecule has 116 valence electrons. The summed E-state index contributed by atoms with van der Waals surface area (Å²) in [6.45, 7) is 1.97. The molecule has 0 unspecified atom stereocenters. The van der Waals surface area contributed by atoms with Gasteiger partial charge in [-0.15, -0.1) is 0 Å².